The van der Waals surface area contributed by atoms with E-state index in [9.17, 15) is 17.8 Å². The topological polar surface area (TPSA) is 100.0 Å². The molecule has 0 aromatic carbocycles. The monoisotopic (exact) mass is 310 g/mol. The molecule has 7 nitrogen and oxygen atoms in total. The van der Waals surface area contributed by atoms with E-state index in [1.807, 2.05) is 6.92 Å². The van der Waals surface area contributed by atoms with Gasteiger partial charge in [0.25, 0.3) is 0 Å². The molecule has 0 unspecified atom stereocenters. The van der Waals surface area contributed by atoms with Gasteiger partial charge in [0.15, 0.2) is 0 Å². The van der Waals surface area contributed by atoms with Crippen LogP contribution in [-0.4, -0.2) is 52.7 Å². The Labute approximate surface area is 121 Å². The average molecular weight is 310 g/mol. The van der Waals surface area contributed by atoms with Crippen LogP contribution < -0.4 is 10.2 Å². The summed E-state index contributed by atoms with van der Waals surface area (Å²) < 4.78 is 33.9. The van der Waals surface area contributed by atoms with Gasteiger partial charge in [-0.25, -0.2) is 8.42 Å². The Morgan fingerprint density at radius 3 is 2.20 bits per heavy atom. The molecule has 0 rings (SSSR count). The second-order valence-electron chi connectivity index (χ2n) is 4.40. The molecule has 0 aliphatic rings. The number of rotatable bonds is 8. The fourth-order valence-corrected chi connectivity index (χ4v) is 1.14. The zero-order valence-corrected chi connectivity index (χ0v) is 13.5. The maximum absolute atomic E-state index is 11.2. The molecule has 0 radical (unpaired) electrons. The molecule has 120 valence electrons. The molecule has 0 aromatic heterocycles. The average Bonchev–Trinajstić information content (AvgIpc) is 2.34. The van der Waals surface area contributed by atoms with E-state index >= 15 is 0 Å². The lowest BCUT2D eigenvalue weighted by atomic mass is 10.2. The summed E-state index contributed by atoms with van der Waals surface area (Å²) in [6, 6.07) is 0. The second kappa shape index (κ2) is 11.8. The third-order valence-corrected chi connectivity index (χ3v) is 2.65. The molecule has 0 bridgehead atoms. The molecule has 0 spiro atoms. The number of quaternary nitrogens is 1. The Hall–Kier alpha value is -0.960. The molecular weight excluding hydrogens is 284 g/mol. The van der Waals surface area contributed by atoms with Crippen LogP contribution in [0, 0.1) is 0 Å². The number of hydrogen-bond donors (Lipinski definition) is 2. The normalized spacial score (nSPS) is 10.7. The van der Waals surface area contributed by atoms with Crippen LogP contribution in [0.2, 0.25) is 0 Å². The maximum Gasteiger partial charge on any atom is 0.246 e. The van der Waals surface area contributed by atoms with E-state index < -0.39 is 10.4 Å². The van der Waals surface area contributed by atoms with Gasteiger partial charge in [0, 0.05) is 12.1 Å². The summed E-state index contributed by atoms with van der Waals surface area (Å²) in [5, 5.41) is 2.37. The highest BCUT2D eigenvalue weighted by molar-refractivity contribution is 7.80. The van der Waals surface area contributed by atoms with Crippen LogP contribution in [0.25, 0.3) is 0 Å². The van der Waals surface area contributed by atoms with E-state index in [1.54, 1.807) is 0 Å². The molecule has 20 heavy (non-hydrogen) atoms. The Kier molecular flexibility index (Phi) is 12.6. The fourth-order valence-electron chi connectivity index (χ4n) is 0.849. The van der Waals surface area contributed by atoms with E-state index in [2.05, 4.69) is 37.1 Å². The predicted octanol–water partition coefficient (Wildman–Crippen LogP) is -0.913. The lowest BCUT2D eigenvalue weighted by Gasteiger charge is -2.09. The number of amides is 1. The van der Waals surface area contributed by atoms with Crippen LogP contribution in [0.5, 0.6) is 0 Å². The molecule has 8 heteroatoms. The van der Waals surface area contributed by atoms with E-state index in [0.717, 1.165) is 6.42 Å². The van der Waals surface area contributed by atoms with Crippen molar-refractivity contribution in [3.63, 3.8) is 0 Å². The molecule has 0 atom stereocenters. The molecule has 2 N–H and O–H groups in total. The van der Waals surface area contributed by atoms with Crippen molar-refractivity contribution >= 4 is 16.3 Å². The number of carbonyl (C=O) groups is 1. The second-order valence-corrected chi connectivity index (χ2v) is 5.45. The van der Waals surface area contributed by atoms with Gasteiger partial charge in [-0.05, 0) is 13.3 Å². The molecule has 1 amide bonds. The number of carbonyl (C=O) groups excluding carboxylic acids is 1. The highest BCUT2D eigenvalue weighted by atomic mass is 32.3. The van der Waals surface area contributed by atoms with E-state index in [4.69, 9.17) is 0 Å². The molecule has 0 aliphatic carbocycles. The molecule has 0 heterocycles. The van der Waals surface area contributed by atoms with Crippen LogP contribution in [0.15, 0.2) is 12.2 Å². The van der Waals surface area contributed by atoms with Crippen LogP contribution in [-0.2, 0) is 19.4 Å². The van der Waals surface area contributed by atoms with Crippen LogP contribution in [0.4, 0.5) is 0 Å². The van der Waals surface area contributed by atoms with Crippen molar-refractivity contribution in [3.8, 4) is 0 Å². The molecule has 0 fully saturated rings. The fraction of sp³-hybridized carbons (Fsp3) is 0.750. The van der Waals surface area contributed by atoms with Gasteiger partial charge in [-0.15, -0.1) is 0 Å². The van der Waals surface area contributed by atoms with Gasteiger partial charge in [0.1, 0.15) is 0 Å². The van der Waals surface area contributed by atoms with Gasteiger partial charge in [-0.2, -0.15) is 0 Å². The Morgan fingerprint density at radius 1 is 1.35 bits per heavy atom. The zero-order chi connectivity index (χ0) is 16.2. The molecule has 0 aromatic rings. The van der Waals surface area contributed by atoms with Gasteiger partial charge >= 0.3 is 0 Å². The van der Waals surface area contributed by atoms with E-state index in [1.165, 1.54) is 11.4 Å². The summed E-state index contributed by atoms with van der Waals surface area (Å²) in [5.41, 5.74) is 0.419. The quantitative estimate of drug-likeness (QED) is 0.262. The molecule has 0 saturated carbocycles. The Morgan fingerprint density at radius 2 is 1.85 bits per heavy atom. The predicted molar refractivity (Wildman–Crippen MR) is 76.1 cm³/mol. The Balaban J connectivity index is 0. The minimum absolute atomic E-state index is 0.0387. The van der Waals surface area contributed by atoms with Crippen molar-refractivity contribution in [2.45, 2.75) is 26.7 Å². The van der Waals surface area contributed by atoms with E-state index in [0.29, 0.717) is 12.0 Å². The SMILES string of the molecule is C=C(CCC)C(=O)NCCOS(=O)(=O)[O-].CC[NH+](C)C. The summed E-state index contributed by atoms with van der Waals surface area (Å²) in [6.07, 6.45) is 1.38. The minimum atomic E-state index is -4.68. The van der Waals surface area contributed by atoms with Gasteiger partial charge in [-0.3, -0.25) is 8.98 Å². The van der Waals surface area contributed by atoms with Gasteiger partial charge in [-0.1, -0.05) is 19.9 Å². The van der Waals surface area contributed by atoms with Crippen LogP contribution >= 0.6 is 0 Å². The minimum Gasteiger partial charge on any atom is -0.726 e. The smallest absolute Gasteiger partial charge is 0.246 e. The van der Waals surface area contributed by atoms with Gasteiger partial charge in [0.05, 0.1) is 27.2 Å². The largest absolute Gasteiger partial charge is 0.726 e. The summed E-state index contributed by atoms with van der Waals surface area (Å²) in [5.74, 6) is -0.358. The van der Waals surface area contributed by atoms with Gasteiger partial charge in [0.2, 0.25) is 16.3 Å². The first kappa shape index (κ1) is 21.3. The first-order valence-corrected chi connectivity index (χ1v) is 7.82. The maximum atomic E-state index is 11.2. The lowest BCUT2D eigenvalue weighted by molar-refractivity contribution is -0.856. The van der Waals surface area contributed by atoms with Crippen molar-refractivity contribution in [1.29, 1.82) is 0 Å². The summed E-state index contributed by atoms with van der Waals surface area (Å²) in [4.78, 5) is 12.7. The molecular formula is C12H26N2O5S. The lowest BCUT2D eigenvalue weighted by Crippen LogP contribution is -3.05. The first-order chi connectivity index (χ1) is 9.14. The first-order valence-electron chi connectivity index (χ1n) is 6.49. The number of nitrogens with one attached hydrogen (secondary N) is 2. The molecule has 0 aliphatic heterocycles. The van der Waals surface area contributed by atoms with Crippen molar-refractivity contribution < 1.29 is 26.8 Å². The summed E-state index contributed by atoms with van der Waals surface area (Å²) in [6.45, 7) is 8.43. The third-order valence-electron chi connectivity index (χ3n) is 2.20. The van der Waals surface area contributed by atoms with Crippen molar-refractivity contribution in [2.24, 2.45) is 0 Å². The standard InChI is InChI=1S/C8H15NO5S.C4H11N/c1-3-4-7(2)8(10)9-5-6-14-15(11,12)13;1-4-5(2)3/h2-6H2,1H3,(H,9,10)(H,11,12,13);4H2,1-3H3. The third kappa shape index (κ3) is 17.0. The summed E-state index contributed by atoms with van der Waals surface area (Å²) >= 11 is 0. The Bertz CT molecular complexity index is 379. The van der Waals surface area contributed by atoms with Gasteiger partial charge < -0.3 is 14.8 Å². The highest BCUT2D eigenvalue weighted by Crippen LogP contribution is 2.00. The van der Waals surface area contributed by atoms with Crippen molar-refractivity contribution in [2.75, 3.05) is 33.8 Å². The molecule has 0 saturated heterocycles. The van der Waals surface area contributed by atoms with Crippen molar-refractivity contribution in [3.05, 3.63) is 12.2 Å². The highest BCUT2D eigenvalue weighted by Gasteiger charge is 2.04. The van der Waals surface area contributed by atoms with Crippen LogP contribution in [0.3, 0.4) is 0 Å². The number of hydrogen-bond acceptors (Lipinski definition) is 5. The summed E-state index contributed by atoms with van der Waals surface area (Å²) in [7, 11) is -0.398. The van der Waals surface area contributed by atoms with Crippen LogP contribution in [0.1, 0.15) is 26.7 Å². The van der Waals surface area contributed by atoms with E-state index in [-0.39, 0.29) is 19.1 Å². The zero-order valence-electron chi connectivity index (χ0n) is 12.7. The van der Waals surface area contributed by atoms with Crippen molar-refractivity contribution in [1.82, 2.24) is 5.32 Å².